The molecule has 0 radical (unpaired) electrons. The molecule has 0 aromatic carbocycles. The van der Waals surface area contributed by atoms with Gasteiger partial charge >= 0.3 is 0 Å². The Balaban J connectivity index is 0.00000133. The minimum absolute atomic E-state index is 0. The molecule has 0 aliphatic heterocycles. The van der Waals surface area contributed by atoms with Crippen LogP contribution in [0.5, 0.6) is 0 Å². The molecule has 0 aliphatic rings. The van der Waals surface area contributed by atoms with E-state index in [1.165, 1.54) is 0 Å². The molecule has 110 valence electrons. The van der Waals surface area contributed by atoms with E-state index in [1.54, 1.807) is 18.6 Å². The zero-order valence-corrected chi connectivity index (χ0v) is 16.0. The van der Waals surface area contributed by atoms with Crippen molar-refractivity contribution in [2.75, 3.05) is 0 Å². The van der Waals surface area contributed by atoms with Crippen LogP contribution >= 0.6 is 0 Å². The molecule has 0 aliphatic carbocycles. The molecular formula is C15H11N3Ru3. The van der Waals surface area contributed by atoms with Crippen LogP contribution in [0, 0.1) is 0 Å². The Kier molecular flexibility index (Phi) is 9.79. The first-order chi connectivity index (χ1) is 8.95. The van der Waals surface area contributed by atoms with Gasteiger partial charge in [0, 0.05) is 82.6 Å². The Morgan fingerprint density at radius 3 is 1.67 bits per heavy atom. The zero-order valence-electron chi connectivity index (χ0n) is 10.8. The van der Waals surface area contributed by atoms with E-state index in [9.17, 15) is 0 Å². The average Bonchev–Trinajstić information content (AvgIpc) is 2.49. The summed E-state index contributed by atoms with van der Waals surface area (Å²) in [6, 6.07) is 15.6. The quantitative estimate of drug-likeness (QED) is 0.473. The number of pyridine rings is 3. The molecule has 6 heteroatoms. The average molecular weight is 536 g/mol. The summed E-state index contributed by atoms with van der Waals surface area (Å²) < 4.78 is 0. The molecule has 0 bridgehead atoms. The smallest absolute Gasteiger partial charge is 0.0980 e. The van der Waals surface area contributed by atoms with Gasteiger partial charge in [-0.3, -0.25) is 15.0 Å². The number of rotatable bonds is 2. The molecule has 3 heterocycles. The molecule has 3 aromatic rings. The molecule has 0 unspecified atom stereocenters. The molecule has 0 saturated heterocycles. The van der Waals surface area contributed by atoms with Crippen LogP contribution in [0.25, 0.3) is 22.6 Å². The van der Waals surface area contributed by atoms with E-state index in [0.717, 1.165) is 22.6 Å². The second-order valence-corrected chi connectivity index (χ2v) is 3.83. The van der Waals surface area contributed by atoms with E-state index < -0.39 is 0 Å². The van der Waals surface area contributed by atoms with Crippen LogP contribution < -0.4 is 0 Å². The van der Waals surface area contributed by atoms with Crippen LogP contribution in [0.2, 0.25) is 0 Å². The van der Waals surface area contributed by atoms with Gasteiger partial charge in [-0.25, -0.2) is 0 Å². The molecule has 21 heavy (non-hydrogen) atoms. The minimum Gasteiger partial charge on any atom is -0.256 e. The van der Waals surface area contributed by atoms with Crippen LogP contribution in [0.4, 0.5) is 0 Å². The van der Waals surface area contributed by atoms with E-state index in [0.29, 0.717) is 0 Å². The zero-order chi connectivity index (χ0) is 12.2. The number of aromatic nitrogens is 3. The van der Waals surface area contributed by atoms with Gasteiger partial charge in [0.05, 0.1) is 17.1 Å². The third-order valence-electron chi connectivity index (χ3n) is 2.66. The second-order valence-electron chi connectivity index (χ2n) is 3.83. The minimum atomic E-state index is 0. The van der Waals surface area contributed by atoms with Crippen molar-refractivity contribution in [1.82, 2.24) is 15.0 Å². The molecule has 0 N–H and O–H groups in total. The molecule has 0 saturated carbocycles. The molecule has 3 rings (SSSR count). The van der Waals surface area contributed by atoms with E-state index in [-0.39, 0.29) is 58.4 Å². The normalized spacial score (nSPS) is 8.76. The maximum Gasteiger partial charge on any atom is 0.0980 e. The molecule has 3 nitrogen and oxygen atoms in total. The number of hydrogen-bond acceptors (Lipinski definition) is 3. The molecule has 3 aromatic heterocycles. The fourth-order valence-electron chi connectivity index (χ4n) is 1.84. The third kappa shape index (κ3) is 4.92. The largest absolute Gasteiger partial charge is 0.256 e. The Bertz CT molecular complexity index is 590. The summed E-state index contributed by atoms with van der Waals surface area (Å²) in [6.07, 6.45) is 5.33. The van der Waals surface area contributed by atoms with Crippen LogP contribution in [0.3, 0.4) is 0 Å². The van der Waals surface area contributed by atoms with E-state index >= 15 is 0 Å². The van der Waals surface area contributed by atoms with Gasteiger partial charge in [0.15, 0.2) is 0 Å². The van der Waals surface area contributed by atoms with E-state index in [4.69, 9.17) is 0 Å². The van der Waals surface area contributed by atoms with Crippen molar-refractivity contribution in [1.29, 1.82) is 0 Å². The first kappa shape index (κ1) is 20.3. The van der Waals surface area contributed by atoms with Crippen molar-refractivity contribution in [3.8, 4) is 22.6 Å². The summed E-state index contributed by atoms with van der Waals surface area (Å²) in [5.41, 5.74) is 3.62. The maximum atomic E-state index is 4.42. The van der Waals surface area contributed by atoms with Crippen molar-refractivity contribution in [2.45, 2.75) is 0 Å². The third-order valence-corrected chi connectivity index (χ3v) is 2.66. The Morgan fingerprint density at radius 1 is 0.524 bits per heavy atom. The van der Waals surface area contributed by atoms with Crippen molar-refractivity contribution in [2.24, 2.45) is 0 Å². The molecule has 0 spiro atoms. The van der Waals surface area contributed by atoms with E-state index in [1.807, 2.05) is 48.5 Å². The number of hydrogen-bond donors (Lipinski definition) is 0. The van der Waals surface area contributed by atoms with Gasteiger partial charge in [0.25, 0.3) is 0 Å². The second kappa shape index (κ2) is 10.1. The van der Waals surface area contributed by atoms with Gasteiger partial charge in [-0.1, -0.05) is 12.1 Å². The summed E-state index contributed by atoms with van der Waals surface area (Å²) in [5, 5.41) is 0. The van der Waals surface area contributed by atoms with Crippen LogP contribution in [-0.2, 0) is 58.4 Å². The van der Waals surface area contributed by atoms with E-state index in [2.05, 4.69) is 15.0 Å². The van der Waals surface area contributed by atoms with Gasteiger partial charge in [0.1, 0.15) is 0 Å². The summed E-state index contributed by atoms with van der Waals surface area (Å²) in [7, 11) is 0. The van der Waals surface area contributed by atoms with Gasteiger partial charge in [-0.05, 0) is 36.4 Å². The maximum absolute atomic E-state index is 4.42. The predicted molar refractivity (Wildman–Crippen MR) is 70.7 cm³/mol. The Labute approximate surface area is 162 Å². The first-order valence-corrected chi connectivity index (χ1v) is 5.73. The van der Waals surface area contributed by atoms with Crippen molar-refractivity contribution < 1.29 is 58.4 Å². The van der Waals surface area contributed by atoms with Crippen molar-refractivity contribution in [3.63, 3.8) is 0 Å². The standard InChI is InChI=1S/C15H11N3.3Ru/c1-3-9-16-13(7-1)12-6-5-11-18-15(12)14-8-2-4-10-17-14;;;/h1-11H;;;. The monoisotopic (exact) mass is 539 g/mol. The molecule has 0 atom stereocenters. The fourth-order valence-corrected chi connectivity index (χ4v) is 1.84. The first-order valence-electron chi connectivity index (χ1n) is 5.73. The Morgan fingerprint density at radius 2 is 1.10 bits per heavy atom. The van der Waals surface area contributed by atoms with Crippen LogP contribution in [0.15, 0.2) is 67.1 Å². The van der Waals surface area contributed by atoms with Gasteiger partial charge < -0.3 is 0 Å². The van der Waals surface area contributed by atoms with Crippen molar-refractivity contribution >= 4 is 0 Å². The van der Waals surface area contributed by atoms with Crippen molar-refractivity contribution in [3.05, 3.63) is 67.1 Å². The summed E-state index contributed by atoms with van der Waals surface area (Å²) >= 11 is 0. The summed E-state index contributed by atoms with van der Waals surface area (Å²) in [4.78, 5) is 13.1. The summed E-state index contributed by atoms with van der Waals surface area (Å²) in [6.45, 7) is 0. The number of nitrogens with zero attached hydrogens (tertiary/aromatic N) is 3. The summed E-state index contributed by atoms with van der Waals surface area (Å²) in [5.74, 6) is 0. The topological polar surface area (TPSA) is 38.7 Å². The molecule has 0 fully saturated rings. The van der Waals surface area contributed by atoms with Gasteiger partial charge in [0.2, 0.25) is 0 Å². The van der Waals surface area contributed by atoms with Gasteiger partial charge in [-0.15, -0.1) is 0 Å². The fraction of sp³-hybridized carbons (Fsp3) is 0. The van der Waals surface area contributed by atoms with Crippen LogP contribution in [-0.4, -0.2) is 15.0 Å². The van der Waals surface area contributed by atoms with Gasteiger partial charge in [-0.2, -0.15) is 0 Å². The van der Waals surface area contributed by atoms with Crippen LogP contribution in [0.1, 0.15) is 0 Å². The molecular weight excluding hydrogens is 525 g/mol. The SMILES string of the molecule is [Ru].[Ru].[Ru].c1ccc(-c2cccnc2-c2ccccn2)nc1. The Hall–Kier alpha value is -0.680. The predicted octanol–water partition coefficient (Wildman–Crippen LogP) is 3.20. The molecule has 0 amide bonds.